The van der Waals surface area contributed by atoms with Crippen LogP contribution >= 0.6 is 0 Å². The molecule has 4 rings (SSSR count). The molecule has 2 fully saturated rings. The average Bonchev–Trinajstić information content (AvgIpc) is 3.22. The van der Waals surface area contributed by atoms with Gasteiger partial charge in [-0.25, -0.2) is 0 Å². The highest BCUT2D eigenvalue weighted by Gasteiger charge is 2.58. The van der Waals surface area contributed by atoms with Crippen molar-refractivity contribution in [2.75, 3.05) is 0 Å². The molecule has 0 aliphatic heterocycles. The van der Waals surface area contributed by atoms with Crippen LogP contribution in [0.25, 0.3) is 0 Å². The Balaban J connectivity index is 1.47. The van der Waals surface area contributed by atoms with E-state index in [0.717, 1.165) is 19.3 Å². The molecule has 21 heavy (non-hydrogen) atoms. The van der Waals surface area contributed by atoms with Crippen LogP contribution in [0.15, 0.2) is 24.3 Å². The van der Waals surface area contributed by atoms with Gasteiger partial charge in [0.15, 0.2) is 0 Å². The lowest BCUT2D eigenvalue weighted by molar-refractivity contribution is -0.126. The first-order valence-electron chi connectivity index (χ1n) is 8.14. The molecule has 1 aromatic carbocycles. The average molecular weight is 284 g/mol. The van der Waals surface area contributed by atoms with Gasteiger partial charge in [-0.1, -0.05) is 38.1 Å². The summed E-state index contributed by atoms with van der Waals surface area (Å²) >= 11 is 0. The summed E-state index contributed by atoms with van der Waals surface area (Å²) in [6.07, 6.45) is 3.20. The highest BCUT2D eigenvalue weighted by atomic mass is 16.2. The molecule has 0 heterocycles. The summed E-state index contributed by atoms with van der Waals surface area (Å²) in [7, 11) is 0. The van der Waals surface area contributed by atoms with Crippen LogP contribution in [0, 0.1) is 17.3 Å². The van der Waals surface area contributed by atoms with Gasteiger partial charge in [0, 0.05) is 23.4 Å². The smallest absolute Gasteiger partial charge is 0.224 e. The third-order valence-corrected chi connectivity index (χ3v) is 6.29. The molecule has 1 aromatic rings. The molecule has 0 radical (unpaired) electrons. The number of amides is 1. The van der Waals surface area contributed by atoms with Crippen molar-refractivity contribution in [3.63, 3.8) is 0 Å². The van der Waals surface area contributed by atoms with Crippen molar-refractivity contribution in [1.82, 2.24) is 5.32 Å². The van der Waals surface area contributed by atoms with Gasteiger partial charge in [0.2, 0.25) is 5.91 Å². The predicted octanol–water partition coefficient (Wildman–Crippen LogP) is 2.20. The maximum Gasteiger partial charge on any atom is 0.224 e. The van der Waals surface area contributed by atoms with Gasteiger partial charge in [0.25, 0.3) is 0 Å². The van der Waals surface area contributed by atoms with Crippen LogP contribution in [0.2, 0.25) is 0 Å². The molecule has 2 saturated carbocycles. The number of carbonyl (C=O) groups excluding carboxylic acids is 1. The van der Waals surface area contributed by atoms with Gasteiger partial charge >= 0.3 is 0 Å². The Labute approximate surface area is 126 Å². The summed E-state index contributed by atoms with van der Waals surface area (Å²) < 4.78 is 0. The Hall–Kier alpha value is -1.35. The SMILES string of the molecule is CC1(C)C(N)CC1NC(=O)C1C2CCc3ccccc3C21. The largest absolute Gasteiger partial charge is 0.352 e. The zero-order valence-electron chi connectivity index (χ0n) is 12.8. The zero-order chi connectivity index (χ0) is 14.8. The van der Waals surface area contributed by atoms with Crippen molar-refractivity contribution in [3.05, 3.63) is 35.4 Å². The highest BCUT2D eigenvalue weighted by molar-refractivity contribution is 5.84. The lowest BCUT2D eigenvalue weighted by Crippen LogP contribution is -2.64. The van der Waals surface area contributed by atoms with Crippen LogP contribution in [0.4, 0.5) is 0 Å². The molecule has 112 valence electrons. The fourth-order valence-electron chi connectivity index (χ4n) is 4.40. The summed E-state index contributed by atoms with van der Waals surface area (Å²) in [5, 5.41) is 3.27. The Morgan fingerprint density at radius 3 is 2.81 bits per heavy atom. The molecule has 1 amide bonds. The predicted molar refractivity (Wildman–Crippen MR) is 82.8 cm³/mol. The monoisotopic (exact) mass is 284 g/mol. The molecule has 3 heteroatoms. The second-order valence-corrected chi connectivity index (χ2v) is 7.68. The van der Waals surface area contributed by atoms with Crippen molar-refractivity contribution < 1.29 is 4.79 Å². The van der Waals surface area contributed by atoms with E-state index in [1.54, 1.807) is 0 Å². The maximum atomic E-state index is 12.6. The van der Waals surface area contributed by atoms with E-state index in [0.29, 0.717) is 11.8 Å². The normalized spacial score (nSPS) is 38.7. The Morgan fingerprint density at radius 2 is 2.10 bits per heavy atom. The molecular weight excluding hydrogens is 260 g/mol. The minimum absolute atomic E-state index is 0.0353. The van der Waals surface area contributed by atoms with Gasteiger partial charge in [0.05, 0.1) is 0 Å². The lowest BCUT2D eigenvalue weighted by atomic mass is 9.63. The summed E-state index contributed by atoms with van der Waals surface area (Å²) in [5.74, 6) is 1.48. The topological polar surface area (TPSA) is 55.1 Å². The van der Waals surface area contributed by atoms with Gasteiger partial charge in [-0.15, -0.1) is 0 Å². The van der Waals surface area contributed by atoms with Crippen LogP contribution < -0.4 is 11.1 Å². The van der Waals surface area contributed by atoms with Crippen molar-refractivity contribution in [3.8, 4) is 0 Å². The summed E-state index contributed by atoms with van der Waals surface area (Å²) in [6.45, 7) is 4.31. The van der Waals surface area contributed by atoms with E-state index in [1.807, 2.05) is 0 Å². The molecule has 3 aliphatic rings. The molecule has 3 aliphatic carbocycles. The van der Waals surface area contributed by atoms with Gasteiger partial charge in [-0.3, -0.25) is 4.79 Å². The molecule has 5 unspecified atom stereocenters. The molecule has 3 nitrogen and oxygen atoms in total. The van der Waals surface area contributed by atoms with E-state index in [9.17, 15) is 4.79 Å². The van der Waals surface area contributed by atoms with Crippen LogP contribution in [-0.2, 0) is 11.2 Å². The second-order valence-electron chi connectivity index (χ2n) is 7.68. The van der Waals surface area contributed by atoms with Crippen LogP contribution in [0.3, 0.4) is 0 Å². The van der Waals surface area contributed by atoms with Crippen molar-refractivity contribution >= 4 is 5.91 Å². The Kier molecular flexibility index (Phi) is 2.74. The van der Waals surface area contributed by atoms with E-state index >= 15 is 0 Å². The first-order valence-corrected chi connectivity index (χ1v) is 8.14. The quantitative estimate of drug-likeness (QED) is 0.875. The number of benzene rings is 1. The number of hydrogen-bond acceptors (Lipinski definition) is 2. The van der Waals surface area contributed by atoms with E-state index in [1.165, 1.54) is 11.1 Å². The molecule has 0 saturated heterocycles. The standard InChI is InChI=1S/C18H24N2O/c1-18(2)13(19)9-14(18)20-17(21)16-12-8-7-10-5-3-4-6-11(10)15(12)16/h3-6,12-16H,7-9,19H2,1-2H3,(H,20,21). The first-order chi connectivity index (χ1) is 10.00. The van der Waals surface area contributed by atoms with Gasteiger partial charge < -0.3 is 11.1 Å². The number of carbonyl (C=O) groups is 1. The number of aryl methyl sites for hydroxylation is 1. The second kappa shape index (κ2) is 4.33. The van der Waals surface area contributed by atoms with Gasteiger partial charge in [-0.2, -0.15) is 0 Å². The molecule has 0 bridgehead atoms. The number of nitrogens with two attached hydrogens (primary N) is 1. The zero-order valence-corrected chi connectivity index (χ0v) is 12.8. The van der Waals surface area contributed by atoms with Crippen LogP contribution in [0.1, 0.15) is 43.7 Å². The number of rotatable bonds is 2. The molecular formula is C18H24N2O. The first kappa shape index (κ1) is 13.3. The maximum absolute atomic E-state index is 12.6. The number of hydrogen-bond donors (Lipinski definition) is 2. The minimum Gasteiger partial charge on any atom is -0.352 e. The van der Waals surface area contributed by atoms with Crippen LogP contribution in [-0.4, -0.2) is 18.0 Å². The summed E-state index contributed by atoms with van der Waals surface area (Å²) in [5.41, 5.74) is 8.94. The van der Waals surface area contributed by atoms with Crippen molar-refractivity contribution in [2.24, 2.45) is 23.0 Å². The van der Waals surface area contributed by atoms with Crippen LogP contribution in [0.5, 0.6) is 0 Å². The molecule has 0 spiro atoms. The van der Waals surface area contributed by atoms with E-state index in [2.05, 4.69) is 43.4 Å². The Bertz CT molecular complexity index is 595. The van der Waals surface area contributed by atoms with E-state index in [-0.39, 0.29) is 29.3 Å². The summed E-state index contributed by atoms with van der Waals surface area (Å²) in [6, 6.07) is 9.09. The molecule has 0 aromatic heterocycles. The molecule has 5 atom stereocenters. The van der Waals surface area contributed by atoms with Gasteiger partial charge in [-0.05, 0) is 42.2 Å². The molecule has 3 N–H and O–H groups in total. The van der Waals surface area contributed by atoms with Gasteiger partial charge in [0.1, 0.15) is 0 Å². The minimum atomic E-state index is 0.0353. The Morgan fingerprint density at radius 1 is 1.33 bits per heavy atom. The van der Waals surface area contributed by atoms with E-state index in [4.69, 9.17) is 5.73 Å². The fourth-order valence-corrected chi connectivity index (χ4v) is 4.40. The third kappa shape index (κ3) is 1.87. The fraction of sp³-hybridized carbons (Fsp3) is 0.611. The lowest BCUT2D eigenvalue weighted by Gasteiger charge is -2.50. The third-order valence-electron chi connectivity index (χ3n) is 6.29. The highest BCUT2D eigenvalue weighted by Crippen LogP contribution is 2.60. The van der Waals surface area contributed by atoms with Crippen molar-refractivity contribution in [1.29, 1.82) is 0 Å². The van der Waals surface area contributed by atoms with E-state index < -0.39 is 0 Å². The number of fused-ring (bicyclic) bond motifs is 3. The summed E-state index contributed by atoms with van der Waals surface area (Å²) in [4.78, 5) is 12.6. The number of nitrogens with one attached hydrogen (secondary N) is 1. The van der Waals surface area contributed by atoms with Crippen molar-refractivity contribution in [2.45, 2.75) is 51.1 Å².